The van der Waals surface area contributed by atoms with E-state index in [9.17, 15) is 14.4 Å². The van der Waals surface area contributed by atoms with Gasteiger partial charge in [-0.3, -0.25) is 14.5 Å². The second-order valence-corrected chi connectivity index (χ2v) is 6.79. The van der Waals surface area contributed by atoms with E-state index in [-0.39, 0.29) is 13.1 Å². The zero-order chi connectivity index (χ0) is 19.7. The van der Waals surface area contributed by atoms with Crippen molar-refractivity contribution in [3.8, 4) is 0 Å². The van der Waals surface area contributed by atoms with Gasteiger partial charge < -0.3 is 15.6 Å². The third-order valence-electron chi connectivity index (χ3n) is 4.82. The maximum Gasteiger partial charge on any atom is 0.325 e. The summed E-state index contributed by atoms with van der Waals surface area (Å²) in [6.45, 7) is 1.45. The van der Waals surface area contributed by atoms with Crippen LogP contribution in [-0.2, 0) is 21.7 Å². The van der Waals surface area contributed by atoms with E-state index in [0.29, 0.717) is 11.4 Å². The molecule has 0 spiro atoms. The average molecular weight is 377 g/mol. The molecule has 8 heteroatoms. The number of aromatic amines is 1. The van der Waals surface area contributed by atoms with Crippen LogP contribution in [0.2, 0.25) is 0 Å². The van der Waals surface area contributed by atoms with Crippen LogP contribution < -0.4 is 10.6 Å². The molecule has 28 heavy (non-hydrogen) atoms. The molecular weight excluding hydrogens is 358 g/mol. The van der Waals surface area contributed by atoms with Gasteiger partial charge >= 0.3 is 6.03 Å². The number of carbonyl (C=O) groups excluding carboxylic acids is 3. The molecule has 1 aromatic heterocycles. The summed E-state index contributed by atoms with van der Waals surface area (Å²) in [4.78, 5) is 45.8. The minimum absolute atomic E-state index is 0.174. The van der Waals surface area contributed by atoms with Crippen LogP contribution in [0.25, 0.3) is 11.0 Å². The van der Waals surface area contributed by atoms with Gasteiger partial charge in [-0.05, 0) is 24.6 Å². The fourth-order valence-electron chi connectivity index (χ4n) is 3.28. The van der Waals surface area contributed by atoms with Gasteiger partial charge in [0.1, 0.15) is 17.9 Å². The molecule has 1 atom stereocenters. The molecule has 1 unspecified atom stereocenters. The Labute approximate surface area is 160 Å². The molecule has 8 nitrogen and oxygen atoms in total. The number of imide groups is 1. The van der Waals surface area contributed by atoms with Crippen LogP contribution in [0.15, 0.2) is 54.6 Å². The summed E-state index contributed by atoms with van der Waals surface area (Å²) in [6.07, 6.45) is 0. The largest absolute Gasteiger partial charge is 0.347 e. The lowest BCUT2D eigenvalue weighted by Gasteiger charge is -2.22. The van der Waals surface area contributed by atoms with Crippen LogP contribution in [0.3, 0.4) is 0 Å². The quantitative estimate of drug-likeness (QED) is 0.588. The van der Waals surface area contributed by atoms with E-state index >= 15 is 0 Å². The Morgan fingerprint density at radius 3 is 2.57 bits per heavy atom. The summed E-state index contributed by atoms with van der Waals surface area (Å²) < 4.78 is 0. The molecule has 1 aliphatic heterocycles. The number of fused-ring (bicyclic) bond motifs is 1. The number of para-hydroxylation sites is 2. The molecule has 0 radical (unpaired) electrons. The van der Waals surface area contributed by atoms with E-state index in [1.54, 1.807) is 31.2 Å². The maximum atomic E-state index is 12.8. The molecule has 2 aromatic carbocycles. The van der Waals surface area contributed by atoms with Crippen molar-refractivity contribution in [2.75, 3.05) is 6.54 Å². The molecule has 4 rings (SSSR count). The second kappa shape index (κ2) is 6.80. The van der Waals surface area contributed by atoms with Crippen molar-refractivity contribution < 1.29 is 14.4 Å². The number of benzene rings is 2. The minimum atomic E-state index is -1.18. The SMILES string of the molecule is CC1(c2ccccc2)NC(=O)N(CC(=O)NCc2nc3ccccc3[nH]2)C1=O. The number of rotatable bonds is 5. The Morgan fingerprint density at radius 2 is 1.82 bits per heavy atom. The van der Waals surface area contributed by atoms with Gasteiger partial charge in [0.15, 0.2) is 0 Å². The molecule has 4 amide bonds. The highest BCUT2D eigenvalue weighted by atomic mass is 16.2. The van der Waals surface area contributed by atoms with Crippen LogP contribution in [0, 0.1) is 0 Å². The fourth-order valence-corrected chi connectivity index (χ4v) is 3.28. The van der Waals surface area contributed by atoms with Crippen molar-refractivity contribution in [1.29, 1.82) is 0 Å². The van der Waals surface area contributed by atoms with Crippen molar-refractivity contribution in [3.05, 3.63) is 66.0 Å². The Bertz CT molecular complexity index is 1030. The smallest absolute Gasteiger partial charge is 0.325 e. The zero-order valence-corrected chi connectivity index (χ0v) is 15.2. The summed E-state index contributed by atoms with van der Waals surface area (Å²) >= 11 is 0. The number of amides is 4. The first-order valence-corrected chi connectivity index (χ1v) is 8.87. The molecule has 3 N–H and O–H groups in total. The summed E-state index contributed by atoms with van der Waals surface area (Å²) in [5.74, 6) is -0.301. The normalized spacial score (nSPS) is 19.1. The van der Waals surface area contributed by atoms with E-state index in [2.05, 4.69) is 20.6 Å². The van der Waals surface area contributed by atoms with E-state index < -0.39 is 23.4 Å². The first-order chi connectivity index (χ1) is 13.5. The summed E-state index contributed by atoms with van der Waals surface area (Å²) in [5, 5.41) is 5.37. The van der Waals surface area contributed by atoms with Gasteiger partial charge in [0.25, 0.3) is 5.91 Å². The van der Waals surface area contributed by atoms with Gasteiger partial charge in [0.2, 0.25) is 5.91 Å². The predicted molar refractivity (Wildman–Crippen MR) is 102 cm³/mol. The highest BCUT2D eigenvalue weighted by Gasteiger charge is 2.49. The molecule has 1 aliphatic rings. The van der Waals surface area contributed by atoms with Crippen molar-refractivity contribution in [3.63, 3.8) is 0 Å². The second-order valence-electron chi connectivity index (χ2n) is 6.79. The maximum absolute atomic E-state index is 12.8. The number of aromatic nitrogens is 2. The summed E-state index contributed by atoms with van der Waals surface area (Å²) in [6, 6.07) is 15.9. The summed E-state index contributed by atoms with van der Waals surface area (Å²) in [5.41, 5.74) is 1.16. The topological polar surface area (TPSA) is 107 Å². The number of hydrogen-bond donors (Lipinski definition) is 3. The lowest BCUT2D eigenvalue weighted by atomic mass is 9.92. The van der Waals surface area contributed by atoms with Crippen LogP contribution in [0.4, 0.5) is 4.79 Å². The third-order valence-corrected chi connectivity index (χ3v) is 4.82. The van der Waals surface area contributed by atoms with Crippen molar-refractivity contribution in [1.82, 2.24) is 25.5 Å². The Morgan fingerprint density at radius 1 is 1.11 bits per heavy atom. The molecule has 0 bridgehead atoms. The number of urea groups is 1. The van der Waals surface area contributed by atoms with Gasteiger partial charge in [-0.2, -0.15) is 0 Å². The van der Waals surface area contributed by atoms with E-state index in [4.69, 9.17) is 0 Å². The monoisotopic (exact) mass is 377 g/mol. The number of hydrogen-bond acceptors (Lipinski definition) is 4. The predicted octanol–water partition coefficient (Wildman–Crippen LogP) is 1.65. The van der Waals surface area contributed by atoms with Crippen LogP contribution in [-0.4, -0.2) is 39.3 Å². The lowest BCUT2D eigenvalue weighted by Crippen LogP contribution is -2.43. The van der Waals surface area contributed by atoms with Crippen LogP contribution in [0.1, 0.15) is 18.3 Å². The molecular formula is C20H19N5O3. The minimum Gasteiger partial charge on any atom is -0.347 e. The van der Waals surface area contributed by atoms with E-state index in [0.717, 1.165) is 15.9 Å². The molecule has 1 saturated heterocycles. The highest BCUT2D eigenvalue weighted by Crippen LogP contribution is 2.28. The molecule has 0 aliphatic carbocycles. The number of imidazole rings is 1. The zero-order valence-electron chi connectivity index (χ0n) is 15.2. The number of nitrogens with zero attached hydrogens (tertiary/aromatic N) is 2. The Hall–Kier alpha value is -3.68. The van der Waals surface area contributed by atoms with Crippen molar-refractivity contribution >= 4 is 28.9 Å². The van der Waals surface area contributed by atoms with Gasteiger partial charge in [0, 0.05) is 0 Å². The van der Waals surface area contributed by atoms with Crippen LogP contribution >= 0.6 is 0 Å². The molecule has 0 saturated carbocycles. The van der Waals surface area contributed by atoms with Gasteiger partial charge in [0.05, 0.1) is 17.6 Å². The number of nitrogens with one attached hydrogen (secondary N) is 3. The van der Waals surface area contributed by atoms with Gasteiger partial charge in [-0.1, -0.05) is 42.5 Å². The molecule has 3 aromatic rings. The summed E-state index contributed by atoms with van der Waals surface area (Å²) in [7, 11) is 0. The first-order valence-electron chi connectivity index (χ1n) is 8.87. The van der Waals surface area contributed by atoms with Gasteiger partial charge in [-0.15, -0.1) is 0 Å². The highest BCUT2D eigenvalue weighted by molar-refractivity contribution is 6.09. The fraction of sp³-hybridized carbons (Fsp3) is 0.200. The molecule has 2 heterocycles. The van der Waals surface area contributed by atoms with E-state index in [1.807, 2.05) is 30.3 Å². The molecule has 1 fully saturated rings. The van der Waals surface area contributed by atoms with Crippen LogP contribution in [0.5, 0.6) is 0 Å². The first kappa shape index (κ1) is 17.7. The number of carbonyl (C=O) groups is 3. The average Bonchev–Trinajstić information content (AvgIpc) is 3.21. The van der Waals surface area contributed by atoms with Crippen molar-refractivity contribution in [2.45, 2.75) is 19.0 Å². The standard InChI is InChI=1S/C20H19N5O3/c1-20(13-7-3-2-4-8-13)18(27)25(19(28)24-20)12-17(26)21-11-16-22-14-9-5-6-10-15(14)23-16/h2-10H,11-12H2,1H3,(H,21,26)(H,22,23)(H,24,28). The van der Waals surface area contributed by atoms with Gasteiger partial charge in [-0.25, -0.2) is 9.78 Å². The molecule has 142 valence electrons. The van der Waals surface area contributed by atoms with Crippen molar-refractivity contribution in [2.24, 2.45) is 0 Å². The Kier molecular flexibility index (Phi) is 4.31. The lowest BCUT2D eigenvalue weighted by molar-refractivity contribution is -0.134. The number of H-pyrrole nitrogens is 1. The third kappa shape index (κ3) is 3.09. The van der Waals surface area contributed by atoms with E-state index in [1.165, 1.54) is 0 Å². The Balaban J connectivity index is 1.41.